The molecular formula is C12H17N3OS2. The Balaban J connectivity index is 2.41. The lowest BCUT2D eigenvalue weighted by molar-refractivity contribution is 0.0437. The highest BCUT2D eigenvalue weighted by Gasteiger charge is 2.43. The monoisotopic (exact) mass is 283 g/mol. The number of hydrogen-bond donors (Lipinski definition) is 2. The summed E-state index contributed by atoms with van der Waals surface area (Å²) < 4.78 is 0. The van der Waals surface area contributed by atoms with Gasteiger partial charge in [-0.1, -0.05) is 13.8 Å². The molecule has 0 aliphatic rings. The van der Waals surface area contributed by atoms with Crippen molar-refractivity contribution < 1.29 is 5.11 Å². The van der Waals surface area contributed by atoms with E-state index in [4.69, 9.17) is 5.73 Å². The van der Waals surface area contributed by atoms with Gasteiger partial charge in [0.2, 0.25) is 0 Å². The van der Waals surface area contributed by atoms with E-state index >= 15 is 0 Å². The van der Waals surface area contributed by atoms with Crippen LogP contribution in [-0.2, 0) is 5.60 Å². The van der Waals surface area contributed by atoms with Crippen molar-refractivity contribution in [3.63, 3.8) is 0 Å². The second-order valence-corrected chi connectivity index (χ2v) is 6.47. The molecule has 1 unspecified atom stereocenters. The van der Waals surface area contributed by atoms with E-state index in [0.29, 0.717) is 15.9 Å². The quantitative estimate of drug-likeness (QED) is 0.882. The summed E-state index contributed by atoms with van der Waals surface area (Å²) in [6.45, 7) is 4.17. The molecule has 98 valence electrons. The molecule has 2 aromatic heterocycles. The highest BCUT2D eigenvalue weighted by Crippen LogP contribution is 2.36. The summed E-state index contributed by atoms with van der Waals surface area (Å²) in [5.74, 6) is 0.409. The van der Waals surface area contributed by atoms with E-state index in [-0.39, 0.29) is 0 Å². The summed E-state index contributed by atoms with van der Waals surface area (Å²) >= 11 is 2.82. The molecule has 1 atom stereocenters. The van der Waals surface area contributed by atoms with Crippen LogP contribution in [0.15, 0.2) is 23.2 Å². The van der Waals surface area contributed by atoms with Gasteiger partial charge in [-0.15, -0.1) is 22.7 Å². The lowest BCUT2D eigenvalue weighted by Crippen LogP contribution is -2.47. The minimum absolute atomic E-state index is 0.408. The van der Waals surface area contributed by atoms with Crippen LogP contribution in [0.4, 0.5) is 0 Å². The number of nitrogens with two attached hydrogens (primary N) is 1. The first-order valence-corrected chi connectivity index (χ1v) is 7.59. The van der Waals surface area contributed by atoms with Gasteiger partial charge in [0.05, 0.1) is 0 Å². The van der Waals surface area contributed by atoms with E-state index in [0.717, 1.165) is 6.42 Å². The Bertz CT molecular complexity index is 433. The fraction of sp³-hybridized carbons (Fsp3) is 0.500. The molecule has 0 aromatic carbocycles. The van der Waals surface area contributed by atoms with Gasteiger partial charge in [0.15, 0.2) is 5.60 Å². The predicted molar refractivity (Wildman–Crippen MR) is 74.7 cm³/mol. The summed E-state index contributed by atoms with van der Waals surface area (Å²) in [5, 5.41) is 15.9. The third-order valence-electron chi connectivity index (χ3n) is 2.78. The standard InChI is InChI=1S/C12H17N3OS2/c1-8(2)7-9(13)12(16,10-14-3-5-17-10)11-15-4-6-18-11/h3-6,8-9,16H,7,13H2,1-2H3. The maximum absolute atomic E-state index is 11.0. The van der Waals surface area contributed by atoms with Crippen molar-refractivity contribution >= 4 is 22.7 Å². The van der Waals surface area contributed by atoms with Gasteiger partial charge in [0.25, 0.3) is 0 Å². The van der Waals surface area contributed by atoms with Crippen molar-refractivity contribution in [2.45, 2.75) is 31.9 Å². The maximum atomic E-state index is 11.0. The van der Waals surface area contributed by atoms with Crippen LogP contribution in [0.2, 0.25) is 0 Å². The summed E-state index contributed by atoms with van der Waals surface area (Å²) in [4.78, 5) is 8.46. The third kappa shape index (κ3) is 2.47. The normalized spacial score (nSPS) is 14.1. The molecule has 2 aromatic rings. The number of hydrogen-bond acceptors (Lipinski definition) is 6. The second kappa shape index (κ2) is 5.44. The molecule has 0 radical (unpaired) electrons. The van der Waals surface area contributed by atoms with Crippen LogP contribution in [0, 0.1) is 5.92 Å². The topological polar surface area (TPSA) is 72.0 Å². The highest BCUT2D eigenvalue weighted by atomic mass is 32.1. The summed E-state index contributed by atoms with van der Waals surface area (Å²) in [6, 6.07) is -0.408. The van der Waals surface area contributed by atoms with Gasteiger partial charge < -0.3 is 10.8 Å². The molecule has 6 heteroatoms. The first kappa shape index (κ1) is 13.6. The Morgan fingerprint density at radius 3 is 2.06 bits per heavy atom. The van der Waals surface area contributed by atoms with Crippen LogP contribution in [0.5, 0.6) is 0 Å². The van der Waals surface area contributed by atoms with E-state index in [2.05, 4.69) is 23.8 Å². The van der Waals surface area contributed by atoms with Crippen molar-refractivity contribution in [1.29, 1.82) is 0 Å². The maximum Gasteiger partial charge on any atom is 0.182 e. The van der Waals surface area contributed by atoms with Crippen molar-refractivity contribution in [2.75, 3.05) is 0 Å². The second-order valence-electron chi connectivity index (χ2n) is 4.68. The summed E-state index contributed by atoms with van der Waals surface area (Å²) in [7, 11) is 0. The van der Waals surface area contributed by atoms with Crippen LogP contribution in [0.25, 0.3) is 0 Å². The van der Waals surface area contributed by atoms with E-state index in [1.54, 1.807) is 12.4 Å². The molecule has 2 heterocycles. The molecule has 0 fully saturated rings. The lowest BCUT2D eigenvalue weighted by atomic mass is 9.89. The zero-order valence-corrected chi connectivity index (χ0v) is 12.0. The molecule has 3 N–H and O–H groups in total. The Labute approximate surface area is 115 Å². The number of rotatable bonds is 5. The molecule has 0 saturated heterocycles. The van der Waals surface area contributed by atoms with Crippen molar-refractivity contribution in [3.05, 3.63) is 33.2 Å². The van der Waals surface area contributed by atoms with Crippen LogP contribution in [-0.4, -0.2) is 21.1 Å². The average molecular weight is 283 g/mol. The fourth-order valence-electron chi connectivity index (χ4n) is 1.91. The molecule has 2 rings (SSSR count). The Morgan fingerprint density at radius 1 is 1.22 bits per heavy atom. The zero-order chi connectivity index (χ0) is 13.2. The molecule has 4 nitrogen and oxygen atoms in total. The molecule has 0 bridgehead atoms. The van der Waals surface area contributed by atoms with Crippen LogP contribution < -0.4 is 5.73 Å². The SMILES string of the molecule is CC(C)CC(N)C(O)(c1nccs1)c1nccs1. The van der Waals surface area contributed by atoms with Gasteiger partial charge >= 0.3 is 0 Å². The van der Waals surface area contributed by atoms with Crippen LogP contribution in [0.3, 0.4) is 0 Å². The summed E-state index contributed by atoms with van der Waals surface area (Å²) in [5.41, 5.74) is 4.95. The molecule has 0 saturated carbocycles. The van der Waals surface area contributed by atoms with Gasteiger partial charge in [-0.2, -0.15) is 0 Å². The zero-order valence-electron chi connectivity index (χ0n) is 10.4. The van der Waals surface area contributed by atoms with E-state index in [1.807, 2.05) is 10.8 Å². The predicted octanol–water partition coefficient (Wildman–Crippen LogP) is 2.21. The average Bonchev–Trinajstić information content (AvgIpc) is 3.00. The lowest BCUT2D eigenvalue weighted by Gasteiger charge is -2.31. The molecular weight excluding hydrogens is 266 g/mol. The smallest absolute Gasteiger partial charge is 0.182 e. The largest absolute Gasteiger partial charge is 0.374 e. The molecule has 0 aliphatic carbocycles. The number of aromatic nitrogens is 2. The van der Waals surface area contributed by atoms with Gasteiger partial charge in [-0.05, 0) is 12.3 Å². The van der Waals surface area contributed by atoms with Crippen LogP contribution in [0.1, 0.15) is 30.3 Å². The van der Waals surface area contributed by atoms with E-state index in [9.17, 15) is 5.11 Å². The van der Waals surface area contributed by atoms with E-state index < -0.39 is 11.6 Å². The summed E-state index contributed by atoms with van der Waals surface area (Å²) in [6.07, 6.45) is 4.08. The Hall–Kier alpha value is -0.820. The number of aliphatic hydroxyl groups is 1. The first-order valence-electron chi connectivity index (χ1n) is 5.83. The first-order chi connectivity index (χ1) is 8.55. The van der Waals surface area contributed by atoms with Gasteiger partial charge in [-0.25, -0.2) is 9.97 Å². The van der Waals surface area contributed by atoms with Crippen molar-refractivity contribution in [3.8, 4) is 0 Å². The molecule has 0 amide bonds. The minimum Gasteiger partial charge on any atom is -0.374 e. The van der Waals surface area contributed by atoms with Crippen molar-refractivity contribution in [2.24, 2.45) is 11.7 Å². The van der Waals surface area contributed by atoms with Gasteiger partial charge in [0, 0.05) is 29.2 Å². The van der Waals surface area contributed by atoms with Gasteiger partial charge in [-0.3, -0.25) is 0 Å². The number of nitrogens with zero attached hydrogens (tertiary/aromatic N) is 2. The van der Waals surface area contributed by atoms with E-state index in [1.165, 1.54) is 22.7 Å². The van der Waals surface area contributed by atoms with Crippen molar-refractivity contribution in [1.82, 2.24) is 9.97 Å². The third-order valence-corrected chi connectivity index (χ3v) is 4.57. The Morgan fingerprint density at radius 2 is 1.72 bits per heavy atom. The fourth-order valence-corrected chi connectivity index (χ4v) is 3.58. The Kier molecular flexibility index (Phi) is 4.11. The minimum atomic E-state index is -1.27. The van der Waals surface area contributed by atoms with Gasteiger partial charge in [0.1, 0.15) is 10.0 Å². The van der Waals surface area contributed by atoms with Crippen LogP contribution >= 0.6 is 22.7 Å². The molecule has 0 spiro atoms. The highest BCUT2D eigenvalue weighted by molar-refractivity contribution is 7.11. The number of thiazole rings is 2. The molecule has 0 aliphatic heterocycles. The molecule has 18 heavy (non-hydrogen) atoms.